The number of ether oxygens (including phenoxy) is 4. The van der Waals surface area contributed by atoms with Crippen molar-refractivity contribution in [1.82, 2.24) is 0 Å². The highest BCUT2D eigenvalue weighted by Gasteiger charge is 2.69. The molecule has 6 rings (SSSR count). The fourth-order valence-corrected chi connectivity index (χ4v) is 12.0. The average Bonchev–Trinajstić information content (AvgIpc) is 3.56. The molecule has 2 aliphatic heterocycles. The van der Waals surface area contributed by atoms with Crippen LogP contribution in [0.25, 0.3) is 0 Å². The van der Waals surface area contributed by atoms with Crippen LogP contribution in [0.2, 0.25) is 0 Å². The summed E-state index contributed by atoms with van der Waals surface area (Å²) in [5, 5.41) is 91.4. The van der Waals surface area contributed by atoms with Gasteiger partial charge in [-0.15, -0.1) is 0 Å². The lowest BCUT2D eigenvalue weighted by Crippen LogP contribution is -2.55. The number of aliphatic hydroxyl groups is 9. The van der Waals surface area contributed by atoms with Gasteiger partial charge in [0.1, 0.15) is 12.2 Å². The fourth-order valence-electron chi connectivity index (χ4n) is 12.0. The minimum Gasteiger partial charge on any atom is -0.506 e. The zero-order valence-electron chi connectivity index (χ0n) is 31.3. The Labute approximate surface area is 307 Å². The summed E-state index contributed by atoms with van der Waals surface area (Å²) < 4.78 is 24.7. The summed E-state index contributed by atoms with van der Waals surface area (Å²) in [6.45, 7) is 9.35. The van der Waals surface area contributed by atoms with E-state index in [1.165, 1.54) is 12.8 Å². The molecular weight excluding hydrogens is 676 g/mol. The molecule has 1 spiro atoms. The van der Waals surface area contributed by atoms with Gasteiger partial charge < -0.3 is 64.9 Å². The standard InChI is InChI=1S/C39H64O13/c1-20-7-14-39(49-19-20)21(2)30-29(52-39)18-26-24-6-5-22-17-23(8-12-37(22,3)25(24)9-13-38(26,30)4)50-36(48)34(32(45)28(43)11-16-41)51-35(47)33(46)31(44)27(42)10-15-40/h20-30,35-36,40-48H,5-19H2,1-4H3/b33-31+,34-32-/t20-,21-,22+,23-,24+,25-,26-,27?,28?,29-,30-,35?,36?,37-,38-,39+/m0/s1. The molecule has 0 aromatic rings. The van der Waals surface area contributed by atoms with E-state index in [1.54, 1.807) is 0 Å². The number of hydrogen-bond donors (Lipinski definition) is 9. The molecule has 9 N–H and O–H groups in total. The van der Waals surface area contributed by atoms with Gasteiger partial charge in [0.15, 0.2) is 23.1 Å². The fraction of sp³-hybridized carbons (Fsp3) is 0.897. The van der Waals surface area contributed by atoms with Crippen molar-refractivity contribution in [2.75, 3.05) is 19.8 Å². The SMILES string of the molecule is C[C@H]1CC[C@@]2(OC1)O[C@H]1C[C@H]3[C@@H]4CC[C@@H]5C[C@@H](OC(O)/C(OC(O)/C(O)=C(\O)C(O)CCO)=C(/O)C(O)CCO)CC[C@]5(C)[C@H]4CC[C@]3(C)[C@H]1[C@@H]2C. The Kier molecular flexibility index (Phi) is 11.9. The Bertz CT molecular complexity index is 1310. The molecule has 2 saturated heterocycles. The lowest BCUT2D eigenvalue weighted by molar-refractivity contribution is -0.273. The molecule has 298 valence electrons. The Morgan fingerprint density at radius 3 is 2.08 bits per heavy atom. The molecule has 6 fully saturated rings. The highest BCUT2D eigenvalue weighted by Crippen LogP contribution is 2.71. The van der Waals surface area contributed by atoms with Gasteiger partial charge >= 0.3 is 0 Å². The van der Waals surface area contributed by atoms with Gasteiger partial charge in [-0.05, 0) is 104 Å². The maximum Gasteiger partial charge on any atom is 0.259 e. The number of hydrogen-bond acceptors (Lipinski definition) is 13. The van der Waals surface area contributed by atoms with E-state index in [9.17, 15) is 40.9 Å². The molecule has 2 heterocycles. The largest absolute Gasteiger partial charge is 0.506 e. The first kappa shape index (κ1) is 40.0. The van der Waals surface area contributed by atoms with Gasteiger partial charge in [0.2, 0.25) is 12.0 Å². The molecule has 52 heavy (non-hydrogen) atoms. The van der Waals surface area contributed by atoms with Crippen molar-refractivity contribution < 1.29 is 64.9 Å². The van der Waals surface area contributed by atoms with E-state index in [-0.39, 0.29) is 29.8 Å². The first-order chi connectivity index (χ1) is 24.6. The van der Waals surface area contributed by atoms with Crippen LogP contribution < -0.4 is 0 Å². The van der Waals surface area contributed by atoms with E-state index in [2.05, 4.69) is 27.7 Å². The van der Waals surface area contributed by atoms with Crippen molar-refractivity contribution in [1.29, 1.82) is 0 Å². The molecular formula is C39H64O13. The first-order valence-corrected chi connectivity index (χ1v) is 19.7. The maximum absolute atomic E-state index is 11.2. The summed E-state index contributed by atoms with van der Waals surface area (Å²) in [4.78, 5) is 0. The van der Waals surface area contributed by atoms with Crippen LogP contribution in [0.4, 0.5) is 0 Å². The summed E-state index contributed by atoms with van der Waals surface area (Å²) in [6.07, 6.45) is 1.31. The van der Waals surface area contributed by atoms with Gasteiger partial charge in [-0.3, -0.25) is 0 Å². The zero-order valence-corrected chi connectivity index (χ0v) is 31.3. The Morgan fingerprint density at radius 2 is 1.42 bits per heavy atom. The minimum absolute atomic E-state index is 0.0947. The second-order valence-electron chi connectivity index (χ2n) is 17.6. The van der Waals surface area contributed by atoms with Crippen LogP contribution >= 0.6 is 0 Å². The second kappa shape index (κ2) is 15.5. The van der Waals surface area contributed by atoms with Gasteiger partial charge in [-0.1, -0.05) is 27.7 Å². The lowest BCUT2D eigenvalue weighted by Gasteiger charge is -2.61. The van der Waals surface area contributed by atoms with E-state index in [4.69, 9.17) is 24.1 Å². The van der Waals surface area contributed by atoms with Crippen molar-refractivity contribution in [3.8, 4) is 0 Å². The third kappa shape index (κ3) is 7.00. The highest BCUT2D eigenvalue weighted by molar-refractivity contribution is 5.16. The molecule has 13 nitrogen and oxygen atoms in total. The quantitative estimate of drug-likeness (QED) is 0.102. The van der Waals surface area contributed by atoms with Crippen LogP contribution in [0.15, 0.2) is 23.0 Å². The summed E-state index contributed by atoms with van der Waals surface area (Å²) in [6, 6.07) is 0. The molecule has 0 aromatic carbocycles. The van der Waals surface area contributed by atoms with E-state index >= 15 is 0 Å². The molecule has 0 aromatic heterocycles. The van der Waals surface area contributed by atoms with Crippen LogP contribution in [-0.2, 0) is 18.9 Å². The van der Waals surface area contributed by atoms with E-state index in [0.29, 0.717) is 54.3 Å². The van der Waals surface area contributed by atoms with Gasteiger partial charge in [-0.25, -0.2) is 0 Å². The van der Waals surface area contributed by atoms with Crippen LogP contribution in [0.3, 0.4) is 0 Å². The zero-order chi connectivity index (χ0) is 37.7. The van der Waals surface area contributed by atoms with Crippen molar-refractivity contribution in [3.63, 3.8) is 0 Å². The molecule has 16 atom stereocenters. The smallest absolute Gasteiger partial charge is 0.259 e. The van der Waals surface area contributed by atoms with Gasteiger partial charge in [-0.2, -0.15) is 0 Å². The summed E-state index contributed by atoms with van der Waals surface area (Å²) in [5.41, 5.74) is 0.319. The normalized spacial score (nSPS) is 44.7. The van der Waals surface area contributed by atoms with E-state index in [1.807, 2.05) is 0 Å². The minimum atomic E-state index is -2.38. The van der Waals surface area contributed by atoms with Gasteiger partial charge in [0.25, 0.3) is 6.29 Å². The monoisotopic (exact) mass is 740 g/mol. The maximum atomic E-state index is 11.2. The first-order valence-electron chi connectivity index (χ1n) is 19.7. The van der Waals surface area contributed by atoms with Crippen molar-refractivity contribution in [2.45, 2.75) is 148 Å². The molecule has 4 aliphatic carbocycles. The van der Waals surface area contributed by atoms with E-state index < -0.39 is 72.9 Å². The third-order valence-electron chi connectivity index (χ3n) is 14.9. The number of fused-ring (bicyclic) bond motifs is 7. The van der Waals surface area contributed by atoms with Gasteiger partial charge in [0.05, 0.1) is 18.8 Å². The Balaban J connectivity index is 1.12. The summed E-state index contributed by atoms with van der Waals surface area (Å²) >= 11 is 0. The topological polar surface area (TPSA) is 219 Å². The van der Waals surface area contributed by atoms with Gasteiger partial charge in [0, 0.05) is 38.4 Å². The lowest BCUT2D eigenvalue weighted by atomic mass is 9.44. The number of rotatable bonds is 12. The van der Waals surface area contributed by atoms with Crippen molar-refractivity contribution in [3.05, 3.63) is 23.0 Å². The molecule has 4 saturated carbocycles. The highest BCUT2D eigenvalue weighted by atomic mass is 16.7. The summed E-state index contributed by atoms with van der Waals surface area (Å²) in [5.74, 6) is -0.845. The second-order valence-corrected chi connectivity index (χ2v) is 17.6. The van der Waals surface area contributed by atoms with Crippen molar-refractivity contribution in [2.24, 2.45) is 52.3 Å². The molecule has 0 radical (unpaired) electrons. The van der Waals surface area contributed by atoms with Crippen LogP contribution in [0.5, 0.6) is 0 Å². The predicted molar refractivity (Wildman–Crippen MR) is 187 cm³/mol. The Morgan fingerprint density at radius 1 is 0.750 bits per heavy atom. The van der Waals surface area contributed by atoms with Crippen LogP contribution in [-0.4, -0.2) is 109 Å². The summed E-state index contributed by atoms with van der Waals surface area (Å²) in [7, 11) is 0. The van der Waals surface area contributed by atoms with Crippen LogP contribution in [0.1, 0.15) is 105 Å². The molecule has 13 heteroatoms. The van der Waals surface area contributed by atoms with Crippen LogP contribution in [0, 0.1) is 52.3 Å². The molecule has 6 aliphatic rings. The predicted octanol–water partition coefficient (Wildman–Crippen LogP) is 4.06. The number of aliphatic hydroxyl groups excluding tert-OH is 9. The molecule has 0 amide bonds. The molecule has 4 unspecified atom stereocenters. The average molecular weight is 741 g/mol. The molecule has 0 bridgehead atoms. The van der Waals surface area contributed by atoms with Crippen molar-refractivity contribution >= 4 is 0 Å². The van der Waals surface area contributed by atoms with E-state index in [0.717, 1.165) is 45.1 Å². The third-order valence-corrected chi connectivity index (χ3v) is 14.9. The Hall–Kier alpha value is -1.68.